The number of carbonyl (C=O) groups is 1. The van der Waals surface area contributed by atoms with E-state index >= 15 is 0 Å². The molecular weight excluding hydrogens is 178 g/mol. The quantitative estimate of drug-likeness (QED) is 0.755. The van der Waals surface area contributed by atoms with Gasteiger partial charge in [0.05, 0.1) is 0 Å². The number of rotatable bonds is 3. The predicted molar refractivity (Wildman–Crippen MR) is 56.3 cm³/mol. The second-order valence-electron chi connectivity index (χ2n) is 5.34. The minimum Gasteiger partial charge on any atom is -0.480 e. The molecule has 1 aliphatic heterocycles. The summed E-state index contributed by atoms with van der Waals surface area (Å²) in [6, 6.07) is -0.225. The minimum atomic E-state index is -0.656. The van der Waals surface area contributed by atoms with E-state index in [0.29, 0.717) is 5.41 Å². The molecule has 1 atom stereocenters. The zero-order valence-corrected chi connectivity index (χ0v) is 9.42. The van der Waals surface area contributed by atoms with Crippen LogP contribution in [-0.4, -0.2) is 35.1 Å². The van der Waals surface area contributed by atoms with Crippen LogP contribution in [0, 0.1) is 5.41 Å². The lowest BCUT2D eigenvalue weighted by molar-refractivity contribution is -0.142. The van der Waals surface area contributed by atoms with Gasteiger partial charge in [0.15, 0.2) is 0 Å². The largest absolute Gasteiger partial charge is 0.480 e. The second-order valence-corrected chi connectivity index (χ2v) is 5.34. The molecule has 0 radical (unpaired) electrons. The fourth-order valence-corrected chi connectivity index (χ4v) is 1.85. The Hall–Kier alpha value is -0.570. The molecule has 1 heterocycles. The number of carboxylic acid groups (broad SMARTS) is 1. The van der Waals surface area contributed by atoms with Crippen LogP contribution >= 0.6 is 0 Å². The summed E-state index contributed by atoms with van der Waals surface area (Å²) < 4.78 is 0. The van der Waals surface area contributed by atoms with Crippen molar-refractivity contribution in [1.82, 2.24) is 4.90 Å². The van der Waals surface area contributed by atoms with Crippen LogP contribution in [0.1, 0.15) is 40.0 Å². The Morgan fingerprint density at radius 2 is 2.14 bits per heavy atom. The molecule has 0 aromatic carbocycles. The van der Waals surface area contributed by atoms with E-state index in [1.54, 1.807) is 0 Å². The van der Waals surface area contributed by atoms with Crippen molar-refractivity contribution in [3.05, 3.63) is 0 Å². The zero-order chi connectivity index (χ0) is 10.8. The Kier molecular flexibility index (Phi) is 3.53. The molecule has 1 saturated heterocycles. The molecule has 0 aromatic rings. The Morgan fingerprint density at radius 3 is 2.64 bits per heavy atom. The predicted octanol–water partition coefficient (Wildman–Crippen LogP) is 1.97. The lowest BCUT2D eigenvalue weighted by atomic mass is 9.92. The van der Waals surface area contributed by atoms with Crippen LogP contribution in [0.15, 0.2) is 0 Å². The SMILES string of the molecule is CC(C)(C)CCN1CCC[C@@H]1C(=O)O. The summed E-state index contributed by atoms with van der Waals surface area (Å²) in [6.07, 6.45) is 2.91. The van der Waals surface area contributed by atoms with Crippen molar-refractivity contribution in [2.45, 2.75) is 46.1 Å². The highest BCUT2D eigenvalue weighted by Crippen LogP contribution is 2.23. The fraction of sp³-hybridized carbons (Fsp3) is 0.909. The van der Waals surface area contributed by atoms with Gasteiger partial charge in [0.2, 0.25) is 0 Å². The standard InChI is InChI=1S/C11H21NO2/c1-11(2,3)6-8-12-7-4-5-9(12)10(13)14/h9H,4-8H2,1-3H3,(H,13,14)/t9-/m1/s1. The van der Waals surface area contributed by atoms with Crippen LogP contribution < -0.4 is 0 Å². The number of aliphatic carboxylic acids is 1. The molecular formula is C11H21NO2. The molecule has 1 fully saturated rings. The molecule has 0 aliphatic carbocycles. The van der Waals surface area contributed by atoms with Crippen molar-refractivity contribution in [2.24, 2.45) is 5.41 Å². The van der Waals surface area contributed by atoms with Gasteiger partial charge >= 0.3 is 5.97 Å². The highest BCUT2D eigenvalue weighted by molar-refractivity contribution is 5.73. The Morgan fingerprint density at radius 1 is 1.50 bits per heavy atom. The first-order valence-corrected chi connectivity index (χ1v) is 5.37. The van der Waals surface area contributed by atoms with Gasteiger partial charge in [-0.15, -0.1) is 0 Å². The fourth-order valence-electron chi connectivity index (χ4n) is 1.85. The Balaban J connectivity index is 2.40. The molecule has 1 aliphatic rings. The molecule has 1 rings (SSSR count). The highest BCUT2D eigenvalue weighted by atomic mass is 16.4. The van der Waals surface area contributed by atoms with Gasteiger partial charge in [-0.2, -0.15) is 0 Å². The molecule has 0 amide bonds. The van der Waals surface area contributed by atoms with Crippen molar-refractivity contribution < 1.29 is 9.90 Å². The third-order valence-electron chi connectivity index (χ3n) is 2.80. The topological polar surface area (TPSA) is 40.5 Å². The molecule has 0 aromatic heterocycles. The number of nitrogens with zero attached hydrogens (tertiary/aromatic N) is 1. The average Bonchev–Trinajstić information content (AvgIpc) is 2.46. The van der Waals surface area contributed by atoms with E-state index in [9.17, 15) is 4.79 Å². The van der Waals surface area contributed by atoms with Crippen LogP contribution in [0.5, 0.6) is 0 Å². The van der Waals surface area contributed by atoms with Crippen LogP contribution in [0.25, 0.3) is 0 Å². The summed E-state index contributed by atoms with van der Waals surface area (Å²) >= 11 is 0. The minimum absolute atomic E-state index is 0.225. The van der Waals surface area contributed by atoms with Crippen LogP contribution in [0.2, 0.25) is 0 Å². The van der Waals surface area contributed by atoms with E-state index in [2.05, 4.69) is 25.7 Å². The maximum absolute atomic E-state index is 10.9. The first-order valence-electron chi connectivity index (χ1n) is 5.37. The number of carboxylic acids is 1. The third kappa shape index (κ3) is 3.29. The summed E-state index contributed by atoms with van der Waals surface area (Å²) in [7, 11) is 0. The molecule has 82 valence electrons. The number of hydrogen-bond acceptors (Lipinski definition) is 2. The van der Waals surface area contributed by atoms with Gasteiger partial charge in [0.1, 0.15) is 6.04 Å². The summed E-state index contributed by atoms with van der Waals surface area (Å²) in [5.41, 5.74) is 0.297. The molecule has 0 unspecified atom stereocenters. The van der Waals surface area contributed by atoms with E-state index in [0.717, 1.165) is 32.4 Å². The zero-order valence-electron chi connectivity index (χ0n) is 9.42. The van der Waals surface area contributed by atoms with E-state index < -0.39 is 5.97 Å². The van der Waals surface area contributed by atoms with E-state index in [4.69, 9.17) is 5.11 Å². The maximum atomic E-state index is 10.9. The highest BCUT2D eigenvalue weighted by Gasteiger charge is 2.30. The molecule has 0 saturated carbocycles. The van der Waals surface area contributed by atoms with Gasteiger partial charge in [0.25, 0.3) is 0 Å². The summed E-state index contributed by atoms with van der Waals surface area (Å²) in [6.45, 7) is 8.45. The summed E-state index contributed by atoms with van der Waals surface area (Å²) in [5, 5.41) is 8.97. The number of likely N-dealkylation sites (tertiary alicyclic amines) is 1. The molecule has 3 nitrogen and oxygen atoms in total. The van der Waals surface area contributed by atoms with Crippen LogP contribution in [-0.2, 0) is 4.79 Å². The van der Waals surface area contributed by atoms with Gasteiger partial charge in [-0.25, -0.2) is 0 Å². The van der Waals surface area contributed by atoms with Gasteiger partial charge in [-0.05, 0) is 37.8 Å². The lowest BCUT2D eigenvalue weighted by Gasteiger charge is -2.25. The van der Waals surface area contributed by atoms with Gasteiger partial charge < -0.3 is 5.11 Å². The van der Waals surface area contributed by atoms with Gasteiger partial charge in [0, 0.05) is 0 Å². The molecule has 0 bridgehead atoms. The summed E-state index contributed by atoms with van der Waals surface area (Å²) in [5.74, 6) is -0.656. The average molecular weight is 199 g/mol. The van der Waals surface area contributed by atoms with E-state index in [1.165, 1.54) is 0 Å². The van der Waals surface area contributed by atoms with Crippen LogP contribution in [0.4, 0.5) is 0 Å². The van der Waals surface area contributed by atoms with Crippen molar-refractivity contribution in [3.8, 4) is 0 Å². The summed E-state index contributed by atoms with van der Waals surface area (Å²) in [4.78, 5) is 13.0. The van der Waals surface area contributed by atoms with Gasteiger partial charge in [-0.1, -0.05) is 20.8 Å². The normalized spacial score (nSPS) is 24.1. The van der Waals surface area contributed by atoms with E-state index in [-0.39, 0.29) is 6.04 Å². The number of hydrogen-bond donors (Lipinski definition) is 1. The molecule has 0 spiro atoms. The second kappa shape index (κ2) is 4.30. The van der Waals surface area contributed by atoms with Crippen LogP contribution in [0.3, 0.4) is 0 Å². The molecule has 1 N–H and O–H groups in total. The van der Waals surface area contributed by atoms with E-state index in [1.807, 2.05) is 0 Å². The lowest BCUT2D eigenvalue weighted by Crippen LogP contribution is -2.37. The Labute approximate surface area is 86.1 Å². The molecule has 14 heavy (non-hydrogen) atoms. The van der Waals surface area contributed by atoms with Crippen molar-refractivity contribution >= 4 is 5.97 Å². The third-order valence-corrected chi connectivity index (χ3v) is 2.80. The van der Waals surface area contributed by atoms with Gasteiger partial charge in [-0.3, -0.25) is 9.69 Å². The smallest absolute Gasteiger partial charge is 0.320 e. The van der Waals surface area contributed by atoms with Crippen molar-refractivity contribution in [1.29, 1.82) is 0 Å². The monoisotopic (exact) mass is 199 g/mol. The first kappa shape index (κ1) is 11.5. The Bertz CT molecular complexity index is 208. The maximum Gasteiger partial charge on any atom is 0.320 e. The van der Waals surface area contributed by atoms with Crippen molar-refractivity contribution in [2.75, 3.05) is 13.1 Å². The molecule has 3 heteroatoms. The first-order chi connectivity index (χ1) is 6.40. The van der Waals surface area contributed by atoms with Crippen molar-refractivity contribution in [3.63, 3.8) is 0 Å².